The number of nitrogens with one attached hydrogen (secondary N) is 1. The lowest BCUT2D eigenvalue weighted by molar-refractivity contribution is -0.138. The van der Waals surface area contributed by atoms with Crippen LogP contribution < -0.4 is 15.2 Å². The number of nitrogens with zero attached hydrogens (tertiary/aromatic N) is 6. The summed E-state index contributed by atoms with van der Waals surface area (Å²) in [4.78, 5) is 41.4. The molecule has 1 aromatic heterocycles. The number of piperidine rings is 1. The molecule has 0 atom stereocenters. The van der Waals surface area contributed by atoms with Gasteiger partial charge in [0.2, 0.25) is 0 Å². The number of hydrogen-bond acceptors (Lipinski definition) is 7. The molecule has 5 rings (SSSR count). The van der Waals surface area contributed by atoms with E-state index in [0.29, 0.717) is 24.1 Å². The Morgan fingerprint density at radius 3 is 2.49 bits per heavy atom. The molecule has 1 aliphatic heterocycles. The Kier molecular flexibility index (Phi) is 11.3. The van der Waals surface area contributed by atoms with Crippen molar-refractivity contribution in [2.75, 3.05) is 22.9 Å². The number of aliphatic carboxylic acids is 1. The summed E-state index contributed by atoms with van der Waals surface area (Å²) < 4.78 is 41.5. The number of alkyl halides is 3. The van der Waals surface area contributed by atoms with E-state index in [9.17, 15) is 27.6 Å². The van der Waals surface area contributed by atoms with Gasteiger partial charge < -0.3 is 10.0 Å². The third-order valence-corrected chi connectivity index (χ3v) is 8.16. The zero-order valence-corrected chi connectivity index (χ0v) is 27.0. The minimum absolute atomic E-state index is 0.0213. The van der Waals surface area contributed by atoms with Crippen LogP contribution in [0, 0.1) is 0 Å². The number of aryl methyl sites for hydroxylation is 1. The largest absolute Gasteiger partial charge is 0.481 e. The van der Waals surface area contributed by atoms with E-state index in [1.54, 1.807) is 47.3 Å². The predicted octanol–water partition coefficient (Wildman–Crippen LogP) is 6.79. The first-order valence-corrected chi connectivity index (χ1v) is 15.9. The number of aromatic nitrogens is 3. The maximum absolute atomic E-state index is 14.0. The zero-order chi connectivity index (χ0) is 35.0. The van der Waals surface area contributed by atoms with Gasteiger partial charge in [-0.1, -0.05) is 35.0 Å². The Morgan fingerprint density at radius 2 is 1.78 bits per heavy atom. The van der Waals surface area contributed by atoms with Crippen LogP contribution >= 0.6 is 11.6 Å². The zero-order valence-electron chi connectivity index (χ0n) is 26.2. The van der Waals surface area contributed by atoms with Gasteiger partial charge in [-0.25, -0.2) is 19.8 Å². The number of amides is 3. The first-order chi connectivity index (χ1) is 23.5. The molecular weight excluding hydrogens is 663 g/mol. The van der Waals surface area contributed by atoms with Gasteiger partial charge in [-0.15, -0.1) is 5.10 Å². The van der Waals surface area contributed by atoms with Crippen LogP contribution in [0.1, 0.15) is 64.8 Å². The van der Waals surface area contributed by atoms with E-state index < -0.39 is 34.7 Å². The maximum atomic E-state index is 14.0. The number of urea groups is 1. The predicted molar refractivity (Wildman–Crippen MR) is 178 cm³/mol. The lowest BCUT2D eigenvalue weighted by Gasteiger charge is -2.29. The topological polar surface area (TPSA) is 133 Å². The van der Waals surface area contributed by atoms with Crippen molar-refractivity contribution in [3.63, 3.8) is 0 Å². The van der Waals surface area contributed by atoms with Crippen LogP contribution in [0.2, 0.25) is 5.02 Å². The lowest BCUT2D eigenvalue weighted by Crippen LogP contribution is -2.42. The van der Waals surface area contributed by atoms with Crippen molar-refractivity contribution < 1.29 is 32.7 Å². The van der Waals surface area contributed by atoms with E-state index >= 15 is 0 Å². The second-order valence-corrected chi connectivity index (χ2v) is 11.9. The van der Waals surface area contributed by atoms with Crippen molar-refractivity contribution >= 4 is 47.1 Å². The monoisotopic (exact) mass is 695 g/mol. The first-order valence-electron chi connectivity index (χ1n) is 15.6. The number of imide groups is 1. The summed E-state index contributed by atoms with van der Waals surface area (Å²) >= 11 is 5.71. The van der Waals surface area contributed by atoms with Gasteiger partial charge in [-0.05, 0) is 91.8 Å². The Bertz CT molecular complexity index is 1820. The number of anilines is 2. The Morgan fingerprint density at radius 1 is 1.02 bits per heavy atom. The minimum Gasteiger partial charge on any atom is -0.481 e. The molecule has 15 heteroatoms. The standard InChI is InChI=1S/C34H33ClF3N7O4/c35-30-15-10-23(19-29(30)34(36,37)38)20-39-41-33(49)45(28-13-11-27(12-14-28)43-16-2-1-3-17-43)32(48)25-7-4-6-24(18-25)21-44-22-26(40-42-44)8-5-9-31(46)47/h4,6-7,10-15,18-20,22H,1-3,5,8-9,16-17,21H2,(H,41,49)(H,46,47). The fourth-order valence-corrected chi connectivity index (χ4v) is 5.64. The second-order valence-electron chi connectivity index (χ2n) is 11.5. The van der Waals surface area contributed by atoms with E-state index in [-0.39, 0.29) is 29.8 Å². The van der Waals surface area contributed by atoms with Gasteiger partial charge in [0.25, 0.3) is 5.91 Å². The number of carbonyl (C=O) groups is 3. The average molecular weight is 696 g/mol. The molecule has 1 aliphatic rings. The van der Waals surface area contributed by atoms with Gasteiger partial charge in [-0.2, -0.15) is 18.3 Å². The first kappa shape index (κ1) is 35.1. The molecule has 0 unspecified atom stereocenters. The molecule has 256 valence electrons. The molecule has 2 heterocycles. The van der Waals surface area contributed by atoms with Crippen molar-refractivity contribution in [3.05, 3.63) is 106 Å². The SMILES string of the molecule is O=C(O)CCCc1cn(Cc2cccc(C(=O)N(C(=O)NN=Cc3ccc(Cl)c(C(F)(F)F)c3)c3ccc(N4CCCCC4)cc3)c2)nn1. The summed E-state index contributed by atoms with van der Waals surface area (Å²) in [5, 5.41) is 20.4. The van der Waals surface area contributed by atoms with Crippen LogP contribution in [0.15, 0.2) is 78.0 Å². The number of hydrogen-bond donors (Lipinski definition) is 2. The number of halogens is 4. The van der Waals surface area contributed by atoms with Crippen LogP contribution in [0.4, 0.5) is 29.3 Å². The Labute approximate surface area is 285 Å². The fraction of sp³-hybridized carbons (Fsp3) is 0.294. The van der Waals surface area contributed by atoms with E-state index in [1.165, 1.54) is 6.07 Å². The number of carboxylic acid groups (broad SMARTS) is 1. The van der Waals surface area contributed by atoms with Crippen molar-refractivity contribution in [3.8, 4) is 0 Å². The molecule has 1 fully saturated rings. The van der Waals surface area contributed by atoms with Crippen LogP contribution in [0.25, 0.3) is 0 Å². The molecule has 0 bridgehead atoms. The molecule has 3 aromatic carbocycles. The van der Waals surface area contributed by atoms with Gasteiger partial charge >= 0.3 is 18.2 Å². The summed E-state index contributed by atoms with van der Waals surface area (Å²) in [7, 11) is 0. The number of benzene rings is 3. The summed E-state index contributed by atoms with van der Waals surface area (Å²) in [6, 6.07) is 15.9. The third-order valence-electron chi connectivity index (χ3n) is 7.83. The van der Waals surface area contributed by atoms with Gasteiger partial charge in [0.05, 0.1) is 34.7 Å². The molecule has 0 radical (unpaired) electrons. The smallest absolute Gasteiger partial charge is 0.417 e. The van der Waals surface area contributed by atoms with Crippen LogP contribution in [-0.4, -0.2) is 57.3 Å². The van der Waals surface area contributed by atoms with Gasteiger partial charge in [0.1, 0.15) is 0 Å². The molecule has 2 N–H and O–H groups in total. The molecule has 0 spiro atoms. The highest BCUT2D eigenvalue weighted by Gasteiger charge is 2.33. The molecule has 11 nitrogen and oxygen atoms in total. The maximum Gasteiger partial charge on any atom is 0.417 e. The third kappa shape index (κ3) is 9.44. The van der Waals surface area contributed by atoms with Crippen LogP contribution in [0.3, 0.4) is 0 Å². The van der Waals surface area contributed by atoms with Crippen LogP contribution in [0.5, 0.6) is 0 Å². The highest BCUT2D eigenvalue weighted by Crippen LogP contribution is 2.35. The van der Waals surface area contributed by atoms with E-state index in [2.05, 4.69) is 25.7 Å². The van der Waals surface area contributed by atoms with Crippen LogP contribution in [-0.2, 0) is 23.9 Å². The molecule has 0 saturated carbocycles. The van der Waals surface area contributed by atoms with Gasteiger partial charge in [0.15, 0.2) is 0 Å². The highest BCUT2D eigenvalue weighted by molar-refractivity contribution is 6.31. The van der Waals surface area contributed by atoms with E-state index in [1.807, 2.05) is 12.1 Å². The molecule has 4 aromatic rings. The minimum atomic E-state index is -4.68. The lowest BCUT2D eigenvalue weighted by atomic mass is 10.1. The van der Waals surface area contributed by atoms with Crippen molar-refractivity contribution in [1.29, 1.82) is 0 Å². The summed E-state index contributed by atoms with van der Waals surface area (Å²) in [6.07, 6.45) is 2.26. The Balaban J connectivity index is 1.36. The van der Waals surface area contributed by atoms with Crippen molar-refractivity contribution in [1.82, 2.24) is 20.4 Å². The van der Waals surface area contributed by atoms with Crippen molar-refractivity contribution in [2.45, 2.75) is 51.2 Å². The highest BCUT2D eigenvalue weighted by atomic mass is 35.5. The van der Waals surface area contributed by atoms with Crippen molar-refractivity contribution in [2.24, 2.45) is 5.10 Å². The fourth-order valence-electron chi connectivity index (χ4n) is 5.41. The number of rotatable bonds is 11. The van der Waals surface area contributed by atoms with E-state index in [0.717, 1.165) is 61.3 Å². The summed E-state index contributed by atoms with van der Waals surface area (Å²) in [6.45, 7) is 2.07. The van der Waals surface area contributed by atoms with E-state index in [4.69, 9.17) is 16.7 Å². The number of hydrazone groups is 1. The average Bonchev–Trinajstić information content (AvgIpc) is 3.52. The molecular formula is C34H33ClF3N7O4. The summed E-state index contributed by atoms with van der Waals surface area (Å²) in [5.74, 6) is -1.55. The molecule has 0 aliphatic carbocycles. The molecule has 49 heavy (non-hydrogen) atoms. The quantitative estimate of drug-likeness (QED) is 0.130. The van der Waals surface area contributed by atoms with Gasteiger partial charge in [0, 0.05) is 37.0 Å². The number of carbonyl (C=O) groups excluding carboxylic acids is 2. The molecule has 3 amide bonds. The summed E-state index contributed by atoms with van der Waals surface area (Å²) in [5.41, 5.74) is 3.98. The number of carboxylic acids is 1. The molecule has 1 saturated heterocycles. The Hall–Kier alpha value is -5.24. The normalized spacial score (nSPS) is 13.4. The van der Waals surface area contributed by atoms with Gasteiger partial charge in [-0.3, -0.25) is 9.59 Å². The second kappa shape index (κ2) is 15.8.